The third-order valence-electron chi connectivity index (χ3n) is 7.40. The summed E-state index contributed by atoms with van der Waals surface area (Å²) < 4.78 is 16.4. The molecule has 12 nitrogen and oxygen atoms in total. The first-order valence-electron chi connectivity index (χ1n) is 12.3. The van der Waals surface area contributed by atoms with Gasteiger partial charge in [0.05, 0.1) is 17.3 Å². The van der Waals surface area contributed by atoms with Crippen molar-refractivity contribution in [1.82, 2.24) is 0 Å². The number of carbonyl (C=O) groups excluding carboxylic acids is 2. The van der Waals surface area contributed by atoms with Crippen LogP contribution >= 0.6 is 0 Å². The summed E-state index contributed by atoms with van der Waals surface area (Å²) in [7, 11) is 0. The molecular weight excluding hydrogens is 504 g/mol. The SMILES string of the molecule is CC1=CC(=O)CC(C)(C)[C@@]1(O)CC[C@@H](C)O[C@H]1O[C@@H](COC(=O)c2cc(O)c(O)c(O)c2)[C@H](O)[C@@H](O)[C@@H]1O. The highest BCUT2D eigenvalue weighted by atomic mass is 16.7. The van der Waals surface area contributed by atoms with Crippen LogP contribution in [-0.4, -0.2) is 96.5 Å². The monoisotopic (exact) mass is 540 g/mol. The molecule has 0 unspecified atom stereocenters. The molecule has 2 aliphatic rings. The maximum Gasteiger partial charge on any atom is 0.338 e. The molecule has 12 heteroatoms. The Morgan fingerprint density at radius 3 is 2.29 bits per heavy atom. The molecule has 3 rings (SSSR count). The molecule has 0 amide bonds. The Labute approximate surface area is 219 Å². The van der Waals surface area contributed by atoms with Crippen molar-refractivity contribution in [2.45, 2.75) is 89.4 Å². The normalized spacial score (nSPS) is 31.9. The Morgan fingerprint density at radius 2 is 1.71 bits per heavy atom. The summed E-state index contributed by atoms with van der Waals surface area (Å²) in [6.07, 6.45) is -6.06. The van der Waals surface area contributed by atoms with Crippen LogP contribution in [0.4, 0.5) is 0 Å². The number of aliphatic hydroxyl groups is 4. The molecule has 1 fully saturated rings. The first-order chi connectivity index (χ1) is 17.6. The number of ether oxygens (including phenoxy) is 3. The van der Waals surface area contributed by atoms with Crippen molar-refractivity contribution in [1.29, 1.82) is 0 Å². The van der Waals surface area contributed by atoms with Gasteiger partial charge < -0.3 is 50.0 Å². The Balaban J connectivity index is 1.62. The minimum atomic E-state index is -1.69. The van der Waals surface area contributed by atoms with Crippen LogP contribution in [0.3, 0.4) is 0 Å². The van der Waals surface area contributed by atoms with E-state index >= 15 is 0 Å². The molecule has 0 aromatic heterocycles. The van der Waals surface area contributed by atoms with Crippen molar-refractivity contribution in [3.63, 3.8) is 0 Å². The lowest BCUT2D eigenvalue weighted by Gasteiger charge is -2.46. The highest BCUT2D eigenvalue weighted by molar-refractivity contribution is 5.92. The lowest BCUT2D eigenvalue weighted by molar-refractivity contribution is -0.310. The van der Waals surface area contributed by atoms with Gasteiger partial charge in [-0.2, -0.15) is 0 Å². The first kappa shape index (κ1) is 29.8. The molecule has 7 atom stereocenters. The molecule has 212 valence electrons. The van der Waals surface area contributed by atoms with Crippen molar-refractivity contribution < 1.29 is 59.5 Å². The number of hydrogen-bond donors (Lipinski definition) is 7. The number of aliphatic hydroxyl groups excluding tert-OH is 3. The van der Waals surface area contributed by atoms with E-state index in [0.29, 0.717) is 12.0 Å². The van der Waals surface area contributed by atoms with E-state index in [9.17, 15) is 45.3 Å². The molecular formula is C26H36O12. The van der Waals surface area contributed by atoms with Crippen LogP contribution in [0.15, 0.2) is 23.8 Å². The molecule has 0 saturated carbocycles. The summed E-state index contributed by atoms with van der Waals surface area (Å²) >= 11 is 0. The molecule has 0 spiro atoms. The van der Waals surface area contributed by atoms with Crippen molar-refractivity contribution in [2.24, 2.45) is 5.41 Å². The van der Waals surface area contributed by atoms with E-state index < -0.39 is 77.7 Å². The Kier molecular flexibility index (Phi) is 8.76. The minimum absolute atomic E-state index is 0.0569. The molecule has 1 heterocycles. The van der Waals surface area contributed by atoms with E-state index in [1.807, 2.05) is 13.8 Å². The third kappa shape index (κ3) is 5.95. The molecule has 1 aromatic carbocycles. The molecule has 1 aliphatic heterocycles. The Bertz CT molecular complexity index is 1060. The van der Waals surface area contributed by atoms with Crippen molar-refractivity contribution >= 4 is 11.8 Å². The fourth-order valence-electron chi connectivity index (χ4n) is 4.90. The molecule has 0 bridgehead atoms. The summed E-state index contributed by atoms with van der Waals surface area (Å²) in [5.74, 6) is -3.38. The predicted octanol–water partition coefficient (Wildman–Crippen LogP) is 0.629. The fraction of sp³-hybridized carbons (Fsp3) is 0.615. The smallest absolute Gasteiger partial charge is 0.338 e. The van der Waals surface area contributed by atoms with Crippen LogP contribution in [0, 0.1) is 5.41 Å². The average molecular weight is 541 g/mol. The van der Waals surface area contributed by atoms with Crippen molar-refractivity contribution in [3.05, 3.63) is 29.3 Å². The Hall–Kier alpha value is -2.74. The number of phenols is 3. The molecule has 1 aromatic rings. The summed E-state index contributed by atoms with van der Waals surface area (Å²) in [6, 6.07) is 1.74. The summed E-state index contributed by atoms with van der Waals surface area (Å²) in [5, 5.41) is 70.9. The second kappa shape index (κ2) is 11.2. The third-order valence-corrected chi connectivity index (χ3v) is 7.40. The molecule has 7 N–H and O–H groups in total. The molecule has 0 radical (unpaired) electrons. The fourth-order valence-corrected chi connectivity index (χ4v) is 4.90. The number of rotatable bonds is 8. The van der Waals surface area contributed by atoms with Crippen LogP contribution in [0.2, 0.25) is 0 Å². The zero-order valence-corrected chi connectivity index (χ0v) is 21.7. The van der Waals surface area contributed by atoms with Gasteiger partial charge in [0, 0.05) is 11.8 Å². The number of ketones is 1. The maximum absolute atomic E-state index is 12.3. The number of allylic oxidation sites excluding steroid dienone is 1. The van der Waals surface area contributed by atoms with Crippen LogP contribution < -0.4 is 0 Å². The van der Waals surface area contributed by atoms with Gasteiger partial charge in [0.25, 0.3) is 0 Å². The standard InChI is InChI=1S/C26H36O12/c1-12-7-15(27)10-25(3,4)26(12,35)6-5-13(2)37-24-22(33)21(32)20(31)18(38-24)11-36-23(34)14-8-16(28)19(30)17(29)9-14/h7-9,13,18,20-22,24,28-33,35H,5-6,10-11H2,1-4H3/t13-,18+,20+,21-,22+,24+,26-/m1/s1. The zero-order chi connectivity index (χ0) is 28.6. The number of carbonyl (C=O) groups is 2. The Morgan fingerprint density at radius 1 is 1.11 bits per heavy atom. The van der Waals surface area contributed by atoms with E-state index in [1.54, 1.807) is 13.8 Å². The predicted molar refractivity (Wildman–Crippen MR) is 130 cm³/mol. The number of aromatic hydroxyl groups is 3. The van der Waals surface area contributed by atoms with E-state index in [1.165, 1.54) is 6.08 Å². The van der Waals surface area contributed by atoms with Gasteiger partial charge in [0.15, 0.2) is 29.3 Å². The maximum atomic E-state index is 12.3. The lowest BCUT2D eigenvalue weighted by atomic mass is 9.63. The summed E-state index contributed by atoms with van der Waals surface area (Å²) in [5.41, 5.74) is -1.70. The van der Waals surface area contributed by atoms with Crippen LogP contribution in [0.5, 0.6) is 17.2 Å². The zero-order valence-electron chi connectivity index (χ0n) is 21.7. The van der Waals surface area contributed by atoms with Gasteiger partial charge in [0.1, 0.15) is 31.0 Å². The quantitative estimate of drug-likeness (QED) is 0.179. The topological polar surface area (TPSA) is 203 Å². The van der Waals surface area contributed by atoms with E-state index in [4.69, 9.17) is 14.2 Å². The van der Waals surface area contributed by atoms with Crippen LogP contribution in [-0.2, 0) is 19.0 Å². The summed E-state index contributed by atoms with van der Waals surface area (Å²) in [4.78, 5) is 24.3. The van der Waals surface area contributed by atoms with Gasteiger partial charge in [0.2, 0.25) is 0 Å². The van der Waals surface area contributed by atoms with Crippen molar-refractivity contribution in [3.8, 4) is 17.2 Å². The van der Waals surface area contributed by atoms with Crippen molar-refractivity contribution in [2.75, 3.05) is 6.61 Å². The summed E-state index contributed by atoms with van der Waals surface area (Å²) in [6.45, 7) is 6.42. The van der Waals surface area contributed by atoms with Crippen LogP contribution in [0.1, 0.15) is 57.3 Å². The first-order valence-corrected chi connectivity index (χ1v) is 12.3. The van der Waals surface area contributed by atoms with E-state index in [0.717, 1.165) is 12.1 Å². The van der Waals surface area contributed by atoms with E-state index in [2.05, 4.69) is 0 Å². The second-order valence-corrected chi connectivity index (χ2v) is 10.7. The number of benzene rings is 1. The van der Waals surface area contributed by atoms with Gasteiger partial charge in [-0.1, -0.05) is 13.8 Å². The van der Waals surface area contributed by atoms with Gasteiger partial charge in [-0.25, -0.2) is 4.79 Å². The minimum Gasteiger partial charge on any atom is -0.504 e. The number of hydrogen-bond acceptors (Lipinski definition) is 12. The number of phenolic OH excluding ortho intramolecular Hbond substituents is 3. The lowest BCUT2D eigenvalue weighted by Crippen LogP contribution is -2.60. The average Bonchev–Trinajstić information content (AvgIpc) is 2.83. The van der Waals surface area contributed by atoms with Gasteiger partial charge in [-0.15, -0.1) is 0 Å². The van der Waals surface area contributed by atoms with Crippen LogP contribution in [0.25, 0.3) is 0 Å². The second-order valence-electron chi connectivity index (χ2n) is 10.7. The van der Waals surface area contributed by atoms with Gasteiger partial charge in [-0.3, -0.25) is 4.79 Å². The van der Waals surface area contributed by atoms with Gasteiger partial charge >= 0.3 is 5.97 Å². The van der Waals surface area contributed by atoms with Gasteiger partial charge in [-0.05, 0) is 50.5 Å². The largest absolute Gasteiger partial charge is 0.504 e. The van der Waals surface area contributed by atoms with E-state index in [-0.39, 0.29) is 24.2 Å². The molecule has 1 saturated heterocycles. The molecule has 38 heavy (non-hydrogen) atoms. The number of esters is 1. The highest BCUT2D eigenvalue weighted by Crippen LogP contribution is 2.46. The highest BCUT2D eigenvalue weighted by Gasteiger charge is 2.49. The molecule has 1 aliphatic carbocycles.